The van der Waals surface area contributed by atoms with Gasteiger partial charge >= 0.3 is 0 Å². The first-order chi connectivity index (χ1) is 12.8. The largest absolute Gasteiger partial charge is 0.0654 e. The van der Waals surface area contributed by atoms with Crippen LogP contribution in [0.3, 0.4) is 0 Å². The van der Waals surface area contributed by atoms with Gasteiger partial charge in [0, 0.05) is 0 Å². The van der Waals surface area contributed by atoms with Crippen LogP contribution in [-0.2, 0) is 0 Å². The summed E-state index contributed by atoms with van der Waals surface area (Å²) in [6.07, 6.45) is 31.7. The molecule has 26 heavy (non-hydrogen) atoms. The van der Waals surface area contributed by atoms with Crippen LogP contribution in [0.15, 0.2) is 0 Å². The maximum Gasteiger partial charge on any atom is -0.0414 e. The summed E-state index contributed by atoms with van der Waals surface area (Å²) in [5.74, 6) is 1.00. The minimum Gasteiger partial charge on any atom is -0.0654 e. The summed E-state index contributed by atoms with van der Waals surface area (Å²) in [4.78, 5) is 0. The average molecular weight is 366 g/mol. The first kappa shape index (κ1) is 26.0. The zero-order valence-electron chi connectivity index (χ0n) is 18.8. The van der Waals surface area contributed by atoms with Crippen LogP contribution in [0.1, 0.15) is 155 Å². The van der Waals surface area contributed by atoms with Gasteiger partial charge in [0.2, 0.25) is 0 Å². The number of hydrogen-bond donors (Lipinski definition) is 0. The molecule has 0 heteroatoms. The van der Waals surface area contributed by atoms with Crippen LogP contribution in [0.4, 0.5) is 0 Å². The molecular formula is C26H53. The van der Waals surface area contributed by atoms with Crippen LogP contribution >= 0.6 is 0 Å². The van der Waals surface area contributed by atoms with Gasteiger partial charge in [0.1, 0.15) is 0 Å². The van der Waals surface area contributed by atoms with Crippen LogP contribution < -0.4 is 0 Å². The molecule has 0 aliphatic carbocycles. The van der Waals surface area contributed by atoms with Gasteiger partial charge in [-0.1, -0.05) is 162 Å². The van der Waals surface area contributed by atoms with Crippen LogP contribution in [0.25, 0.3) is 0 Å². The third-order valence-corrected chi connectivity index (χ3v) is 6.04. The molecule has 0 aromatic rings. The molecule has 0 rings (SSSR count). The van der Waals surface area contributed by atoms with Crippen LogP contribution in [-0.4, -0.2) is 0 Å². The normalized spacial score (nSPS) is 12.6. The number of hydrogen-bond acceptors (Lipinski definition) is 0. The van der Waals surface area contributed by atoms with Crippen molar-refractivity contribution in [3.05, 3.63) is 6.92 Å². The SMILES string of the molecule is [CH2]CCCC(CCCCCCCCCC)CCCCCCCCCCC. The molecule has 0 bridgehead atoms. The minimum atomic E-state index is 1.00. The van der Waals surface area contributed by atoms with E-state index >= 15 is 0 Å². The number of rotatable bonds is 22. The van der Waals surface area contributed by atoms with Crippen molar-refractivity contribution >= 4 is 0 Å². The molecule has 157 valence electrons. The zero-order valence-corrected chi connectivity index (χ0v) is 18.8. The lowest BCUT2D eigenvalue weighted by atomic mass is 9.90. The fraction of sp³-hybridized carbons (Fsp3) is 0.962. The molecule has 0 aromatic heterocycles. The topological polar surface area (TPSA) is 0 Å². The van der Waals surface area contributed by atoms with Gasteiger partial charge in [0.05, 0.1) is 0 Å². The third-order valence-electron chi connectivity index (χ3n) is 6.04. The van der Waals surface area contributed by atoms with Gasteiger partial charge in [-0.05, 0) is 5.92 Å². The van der Waals surface area contributed by atoms with E-state index in [2.05, 4.69) is 20.8 Å². The van der Waals surface area contributed by atoms with Gasteiger partial charge in [-0.2, -0.15) is 0 Å². The molecule has 0 saturated carbocycles. The van der Waals surface area contributed by atoms with E-state index in [4.69, 9.17) is 0 Å². The van der Waals surface area contributed by atoms with Crippen molar-refractivity contribution in [2.75, 3.05) is 0 Å². The van der Waals surface area contributed by atoms with Gasteiger partial charge in [-0.3, -0.25) is 0 Å². The van der Waals surface area contributed by atoms with E-state index in [1.54, 1.807) is 0 Å². The molecule has 0 aliphatic rings. The predicted octanol–water partition coefficient (Wildman–Crippen LogP) is 10.1. The predicted molar refractivity (Wildman–Crippen MR) is 122 cm³/mol. The molecule has 0 aliphatic heterocycles. The van der Waals surface area contributed by atoms with E-state index in [9.17, 15) is 0 Å². The highest BCUT2D eigenvalue weighted by molar-refractivity contribution is 4.62. The Morgan fingerprint density at radius 1 is 0.423 bits per heavy atom. The van der Waals surface area contributed by atoms with Gasteiger partial charge in [-0.15, -0.1) is 0 Å². The van der Waals surface area contributed by atoms with Crippen molar-refractivity contribution in [2.45, 2.75) is 155 Å². The Hall–Kier alpha value is 0. The van der Waals surface area contributed by atoms with Gasteiger partial charge in [0.15, 0.2) is 0 Å². The quantitative estimate of drug-likeness (QED) is 0.167. The highest BCUT2D eigenvalue weighted by atomic mass is 14.1. The molecule has 0 saturated heterocycles. The second-order valence-electron chi connectivity index (χ2n) is 8.74. The molecule has 0 fully saturated rings. The fourth-order valence-corrected chi connectivity index (χ4v) is 4.18. The lowest BCUT2D eigenvalue weighted by Gasteiger charge is -2.16. The highest BCUT2D eigenvalue weighted by Gasteiger charge is 2.08. The molecule has 0 aromatic carbocycles. The maximum atomic E-state index is 4.05. The second kappa shape index (κ2) is 23.0. The van der Waals surface area contributed by atoms with E-state index in [1.165, 1.54) is 135 Å². The van der Waals surface area contributed by atoms with Crippen LogP contribution in [0.5, 0.6) is 0 Å². The molecule has 0 heterocycles. The monoisotopic (exact) mass is 365 g/mol. The second-order valence-corrected chi connectivity index (χ2v) is 8.74. The first-order valence-electron chi connectivity index (χ1n) is 12.6. The van der Waals surface area contributed by atoms with Crippen molar-refractivity contribution in [1.29, 1.82) is 0 Å². The molecule has 0 nitrogen and oxygen atoms in total. The Labute approximate surface area is 168 Å². The third kappa shape index (κ3) is 20.3. The molecule has 0 N–H and O–H groups in total. The molecule has 1 atom stereocenters. The summed E-state index contributed by atoms with van der Waals surface area (Å²) in [6.45, 7) is 8.66. The highest BCUT2D eigenvalue weighted by Crippen LogP contribution is 2.24. The smallest absolute Gasteiger partial charge is 0.0414 e. The number of unbranched alkanes of at least 4 members (excludes halogenated alkanes) is 16. The van der Waals surface area contributed by atoms with Gasteiger partial charge in [0.25, 0.3) is 0 Å². The molecule has 0 amide bonds. The lowest BCUT2D eigenvalue weighted by molar-refractivity contribution is 0.372. The van der Waals surface area contributed by atoms with Crippen molar-refractivity contribution in [3.63, 3.8) is 0 Å². The molecule has 1 unspecified atom stereocenters. The molecule has 1 radical (unpaired) electrons. The Bertz CT molecular complexity index is 232. The fourth-order valence-electron chi connectivity index (χ4n) is 4.18. The van der Waals surface area contributed by atoms with Crippen molar-refractivity contribution < 1.29 is 0 Å². The van der Waals surface area contributed by atoms with E-state index in [0.717, 1.165) is 12.3 Å². The maximum absolute atomic E-state index is 4.05. The summed E-state index contributed by atoms with van der Waals surface area (Å²) >= 11 is 0. The Morgan fingerprint density at radius 2 is 0.731 bits per heavy atom. The van der Waals surface area contributed by atoms with Crippen LogP contribution in [0, 0.1) is 12.8 Å². The van der Waals surface area contributed by atoms with Gasteiger partial charge in [-0.25, -0.2) is 0 Å². The summed E-state index contributed by atoms with van der Waals surface area (Å²) in [5, 5.41) is 0. The van der Waals surface area contributed by atoms with E-state index < -0.39 is 0 Å². The van der Waals surface area contributed by atoms with Crippen molar-refractivity contribution in [2.24, 2.45) is 5.92 Å². The van der Waals surface area contributed by atoms with E-state index in [-0.39, 0.29) is 0 Å². The molecule has 0 spiro atoms. The summed E-state index contributed by atoms with van der Waals surface area (Å²) in [6, 6.07) is 0. The van der Waals surface area contributed by atoms with Crippen LogP contribution in [0.2, 0.25) is 0 Å². The Balaban J connectivity index is 3.53. The van der Waals surface area contributed by atoms with Crippen molar-refractivity contribution in [3.8, 4) is 0 Å². The van der Waals surface area contributed by atoms with E-state index in [0.29, 0.717) is 0 Å². The van der Waals surface area contributed by atoms with Crippen molar-refractivity contribution in [1.82, 2.24) is 0 Å². The minimum absolute atomic E-state index is 1.00. The Morgan fingerprint density at radius 3 is 1.08 bits per heavy atom. The molecular weight excluding hydrogens is 312 g/mol. The zero-order chi connectivity index (χ0) is 19.1. The van der Waals surface area contributed by atoms with E-state index in [1.807, 2.05) is 0 Å². The standard InChI is InChI=1S/C26H53/c1-4-7-10-12-14-16-18-20-22-25-26(23-9-6-3)24-21-19-17-15-13-11-8-5-2/h26H,3-25H2,1-2H3. The Kier molecular flexibility index (Phi) is 23.0. The summed E-state index contributed by atoms with van der Waals surface area (Å²) in [7, 11) is 0. The van der Waals surface area contributed by atoms with Gasteiger partial charge < -0.3 is 0 Å². The summed E-state index contributed by atoms with van der Waals surface area (Å²) < 4.78 is 0. The first-order valence-corrected chi connectivity index (χ1v) is 12.6. The lowest BCUT2D eigenvalue weighted by Crippen LogP contribution is -2.01. The average Bonchev–Trinajstić information content (AvgIpc) is 2.66. The summed E-state index contributed by atoms with van der Waals surface area (Å²) in [5.41, 5.74) is 0.